The van der Waals surface area contributed by atoms with Crippen molar-refractivity contribution in [1.29, 1.82) is 0 Å². The molecule has 0 radical (unpaired) electrons. The highest BCUT2D eigenvalue weighted by Gasteiger charge is 2.27. The number of benzene rings is 4. The van der Waals surface area contributed by atoms with Gasteiger partial charge in [-0.15, -0.1) is 11.8 Å². The first-order valence-electron chi connectivity index (χ1n) is 12.7. The van der Waals surface area contributed by atoms with Gasteiger partial charge in [0.15, 0.2) is 0 Å². The quantitative estimate of drug-likeness (QED) is 0.149. The maximum Gasteiger partial charge on any atom is 0.224 e. The van der Waals surface area contributed by atoms with E-state index >= 15 is 0 Å². The predicted molar refractivity (Wildman–Crippen MR) is 162 cm³/mol. The molecule has 2 heterocycles. The van der Waals surface area contributed by atoms with E-state index in [1.54, 1.807) is 11.8 Å². The summed E-state index contributed by atoms with van der Waals surface area (Å²) in [5.41, 5.74) is 4.96. The maximum atomic E-state index is 14.0. The molecule has 0 N–H and O–H groups in total. The third-order valence-electron chi connectivity index (χ3n) is 6.71. The van der Waals surface area contributed by atoms with Gasteiger partial charge in [-0.25, -0.2) is 0 Å². The van der Waals surface area contributed by atoms with E-state index in [-0.39, 0.29) is 10.9 Å². The van der Waals surface area contributed by atoms with Gasteiger partial charge in [0.25, 0.3) is 0 Å². The number of ketones is 1. The summed E-state index contributed by atoms with van der Waals surface area (Å²) >= 11 is 2.82. The summed E-state index contributed by atoms with van der Waals surface area (Å²) in [7, 11) is 0. The summed E-state index contributed by atoms with van der Waals surface area (Å²) < 4.78 is 1.95. The fourth-order valence-electron chi connectivity index (χ4n) is 4.77. The molecule has 3 nitrogen and oxygen atoms in total. The Bertz CT molecular complexity index is 1820. The van der Waals surface area contributed by atoms with Crippen LogP contribution in [0.1, 0.15) is 37.5 Å². The first-order chi connectivity index (χ1) is 19.1. The van der Waals surface area contributed by atoms with Crippen LogP contribution >= 0.6 is 23.5 Å². The van der Waals surface area contributed by atoms with E-state index in [2.05, 4.69) is 42.5 Å². The van der Waals surface area contributed by atoms with Crippen molar-refractivity contribution >= 4 is 50.7 Å². The Morgan fingerprint density at radius 1 is 0.718 bits per heavy atom. The molecule has 190 valence electrons. The van der Waals surface area contributed by atoms with Gasteiger partial charge in [0.05, 0.1) is 15.3 Å². The first kappa shape index (κ1) is 25.2. The summed E-state index contributed by atoms with van der Waals surface area (Å²) in [6.45, 7) is 2.03. The lowest BCUT2D eigenvalue weighted by Gasteiger charge is -2.10. The molecular weight excluding hydrogens is 519 g/mol. The number of aromatic nitrogens is 1. The van der Waals surface area contributed by atoms with Gasteiger partial charge < -0.3 is 4.40 Å². The van der Waals surface area contributed by atoms with Gasteiger partial charge in [0, 0.05) is 23.1 Å². The second-order valence-electron chi connectivity index (χ2n) is 9.34. The highest BCUT2D eigenvalue weighted by atomic mass is 32.2. The number of thioether (sulfide) groups is 2. The van der Waals surface area contributed by atoms with Crippen LogP contribution in [0.3, 0.4) is 0 Å². The Kier molecular flexibility index (Phi) is 7.10. The lowest BCUT2D eigenvalue weighted by Crippen LogP contribution is -2.06. The molecule has 0 spiro atoms. The van der Waals surface area contributed by atoms with Crippen molar-refractivity contribution in [2.75, 3.05) is 0 Å². The van der Waals surface area contributed by atoms with Gasteiger partial charge in [0.2, 0.25) is 10.9 Å². The minimum absolute atomic E-state index is 0.0460. The topological polar surface area (TPSA) is 38.5 Å². The summed E-state index contributed by atoms with van der Waals surface area (Å²) in [4.78, 5) is 29.1. The molecule has 0 bridgehead atoms. The molecule has 2 aromatic heterocycles. The Morgan fingerprint density at radius 2 is 1.38 bits per heavy atom. The van der Waals surface area contributed by atoms with E-state index in [4.69, 9.17) is 0 Å². The number of carbonyl (C=O) groups is 2. The molecule has 0 aliphatic carbocycles. The molecule has 6 rings (SSSR count). The van der Waals surface area contributed by atoms with Gasteiger partial charge >= 0.3 is 0 Å². The summed E-state index contributed by atoms with van der Waals surface area (Å²) in [5.74, 6) is 0.605. The summed E-state index contributed by atoms with van der Waals surface area (Å²) in [6, 6.07) is 37.4. The fraction of sp³-hybridized carbons (Fsp3) is 0.0588. The van der Waals surface area contributed by atoms with Gasteiger partial charge in [0.1, 0.15) is 5.69 Å². The second kappa shape index (κ2) is 11.0. The van der Waals surface area contributed by atoms with Crippen LogP contribution in [0.5, 0.6) is 0 Å². The normalized spacial score (nSPS) is 11.2. The average molecular weight is 544 g/mol. The molecule has 0 saturated carbocycles. The fourth-order valence-corrected chi connectivity index (χ4v) is 7.08. The minimum atomic E-state index is -0.0612. The lowest BCUT2D eigenvalue weighted by atomic mass is 10.1. The van der Waals surface area contributed by atoms with E-state index in [9.17, 15) is 9.59 Å². The van der Waals surface area contributed by atoms with Crippen LogP contribution in [0.25, 0.3) is 16.3 Å². The van der Waals surface area contributed by atoms with Crippen molar-refractivity contribution in [3.63, 3.8) is 0 Å². The zero-order chi connectivity index (χ0) is 26.8. The van der Waals surface area contributed by atoms with Crippen molar-refractivity contribution in [3.05, 3.63) is 149 Å². The van der Waals surface area contributed by atoms with Crippen LogP contribution < -0.4 is 0 Å². The van der Waals surface area contributed by atoms with Crippen molar-refractivity contribution < 1.29 is 9.59 Å². The molecule has 0 unspecified atom stereocenters. The number of rotatable bonds is 7. The van der Waals surface area contributed by atoms with E-state index in [1.807, 2.05) is 90.3 Å². The smallest absolute Gasteiger partial charge is 0.224 e. The number of carbonyl (C=O) groups excluding carboxylic acids is 2. The van der Waals surface area contributed by atoms with Crippen LogP contribution in [0, 0.1) is 6.92 Å². The van der Waals surface area contributed by atoms with Gasteiger partial charge in [-0.2, -0.15) is 0 Å². The Labute approximate surface area is 235 Å². The highest BCUT2D eigenvalue weighted by Crippen LogP contribution is 2.43. The van der Waals surface area contributed by atoms with Crippen LogP contribution in [-0.4, -0.2) is 15.3 Å². The lowest BCUT2D eigenvalue weighted by molar-refractivity contribution is 0.102. The van der Waals surface area contributed by atoms with Crippen molar-refractivity contribution in [3.8, 4) is 0 Å². The monoisotopic (exact) mass is 543 g/mol. The van der Waals surface area contributed by atoms with Crippen molar-refractivity contribution in [2.24, 2.45) is 0 Å². The summed E-state index contributed by atoms with van der Waals surface area (Å²) in [6.07, 6.45) is 1.94. The predicted octanol–water partition coefficient (Wildman–Crippen LogP) is 8.86. The van der Waals surface area contributed by atoms with Crippen molar-refractivity contribution in [1.82, 2.24) is 4.40 Å². The Morgan fingerprint density at radius 3 is 2.15 bits per heavy atom. The zero-order valence-electron chi connectivity index (χ0n) is 21.3. The molecule has 0 atom stereocenters. The molecule has 4 aromatic carbocycles. The summed E-state index contributed by atoms with van der Waals surface area (Å²) in [5, 5.41) is 2.33. The Balaban J connectivity index is 1.51. The molecular formula is C34H25NO2S2. The largest absolute Gasteiger partial charge is 0.311 e. The van der Waals surface area contributed by atoms with Crippen LogP contribution in [0.4, 0.5) is 0 Å². The molecule has 0 saturated heterocycles. The highest BCUT2D eigenvalue weighted by molar-refractivity contribution is 8.14. The molecule has 0 fully saturated rings. The molecule has 39 heavy (non-hydrogen) atoms. The van der Waals surface area contributed by atoms with Crippen LogP contribution in [0.15, 0.2) is 131 Å². The molecule has 0 amide bonds. The number of nitrogens with zero attached hydrogens (tertiary/aromatic N) is 1. The van der Waals surface area contributed by atoms with E-state index < -0.39 is 0 Å². The molecule has 0 aliphatic heterocycles. The number of pyridine rings is 1. The number of hydrogen-bond acceptors (Lipinski definition) is 4. The standard InChI is InChI=1S/C34H25NO2S2/c1-23-19-20-35-29(21-23)32(39-34(37)26-14-6-3-7-15-26)33(30(35)31(36)25-12-4-2-5-13-25)38-22-27-17-10-16-24-11-8-9-18-28(24)27/h2-21H,22H2,1H3. The zero-order valence-corrected chi connectivity index (χ0v) is 23.0. The minimum Gasteiger partial charge on any atom is -0.311 e. The number of hydrogen-bond donors (Lipinski definition) is 0. The van der Waals surface area contributed by atoms with Gasteiger partial charge in [-0.3, -0.25) is 9.59 Å². The molecule has 6 aromatic rings. The number of fused-ring (bicyclic) bond motifs is 2. The first-order valence-corrected chi connectivity index (χ1v) is 14.5. The van der Waals surface area contributed by atoms with Crippen molar-refractivity contribution in [2.45, 2.75) is 22.5 Å². The van der Waals surface area contributed by atoms with Gasteiger partial charge in [-0.05, 0) is 52.7 Å². The molecule has 0 aliphatic rings. The van der Waals surface area contributed by atoms with Gasteiger partial charge in [-0.1, -0.05) is 103 Å². The maximum absolute atomic E-state index is 14.0. The van der Waals surface area contributed by atoms with E-state index in [0.29, 0.717) is 22.6 Å². The van der Waals surface area contributed by atoms with Crippen LogP contribution in [-0.2, 0) is 5.75 Å². The SMILES string of the molecule is Cc1ccn2c(C(=O)c3ccccc3)c(SCc3cccc4ccccc34)c(SC(=O)c3ccccc3)c2c1. The second-order valence-corrected chi connectivity index (χ2v) is 11.3. The molecule has 5 heteroatoms. The Hall–Kier alpha value is -4.06. The van der Waals surface area contributed by atoms with E-state index in [0.717, 1.165) is 20.9 Å². The third kappa shape index (κ3) is 5.03. The van der Waals surface area contributed by atoms with Crippen LogP contribution in [0.2, 0.25) is 0 Å². The van der Waals surface area contributed by atoms with E-state index in [1.165, 1.54) is 28.1 Å². The third-order valence-corrected chi connectivity index (χ3v) is 9.02. The number of aryl methyl sites for hydroxylation is 1. The average Bonchev–Trinajstić information content (AvgIpc) is 3.28.